The number of pyridine rings is 1. The van der Waals surface area contributed by atoms with Gasteiger partial charge in [-0.1, -0.05) is 18.2 Å². The lowest BCUT2D eigenvalue weighted by atomic mass is 10.2. The second-order valence-corrected chi connectivity index (χ2v) is 5.46. The van der Waals surface area contributed by atoms with E-state index >= 15 is 0 Å². The van der Waals surface area contributed by atoms with Crippen molar-refractivity contribution in [2.24, 2.45) is 0 Å². The molecule has 0 N–H and O–H groups in total. The summed E-state index contributed by atoms with van der Waals surface area (Å²) in [6, 6.07) is 13.4. The van der Waals surface area contributed by atoms with Gasteiger partial charge in [-0.15, -0.1) is 11.8 Å². The molecule has 3 rings (SSSR count). The smallest absolute Gasteiger partial charge is 0.239 e. The van der Waals surface area contributed by atoms with Gasteiger partial charge in [-0.25, -0.2) is 4.98 Å². The highest BCUT2D eigenvalue weighted by Gasteiger charge is 2.34. The highest BCUT2D eigenvalue weighted by atomic mass is 32.2. The van der Waals surface area contributed by atoms with Gasteiger partial charge in [0.05, 0.1) is 12.9 Å². The van der Waals surface area contributed by atoms with Gasteiger partial charge in [0.25, 0.3) is 0 Å². The van der Waals surface area contributed by atoms with Crippen LogP contribution >= 0.6 is 11.8 Å². The molecule has 102 valence electrons. The maximum Gasteiger partial charge on any atom is 0.239 e. The normalized spacial score (nSPS) is 18.4. The van der Waals surface area contributed by atoms with Crippen molar-refractivity contribution >= 4 is 23.5 Å². The highest BCUT2D eigenvalue weighted by Crippen LogP contribution is 2.41. The monoisotopic (exact) mass is 286 g/mol. The average Bonchev–Trinajstić information content (AvgIpc) is 2.90. The summed E-state index contributed by atoms with van der Waals surface area (Å²) in [7, 11) is 1.64. The van der Waals surface area contributed by atoms with Gasteiger partial charge in [-0.05, 0) is 29.8 Å². The van der Waals surface area contributed by atoms with Crippen LogP contribution in [0.15, 0.2) is 48.7 Å². The molecule has 1 atom stereocenters. The zero-order valence-electron chi connectivity index (χ0n) is 11.0. The summed E-state index contributed by atoms with van der Waals surface area (Å²) in [6.45, 7) is 0. The van der Waals surface area contributed by atoms with Crippen LogP contribution in [0, 0.1) is 0 Å². The molecule has 0 aliphatic carbocycles. The van der Waals surface area contributed by atoms with Crippen LogP contribution in [0.4, 0.5) is 5.82 Å². The van der Waals surface area contributed by atoms with Gasteiger partial charge in [0, 0.05) is 6.20 Å². The predicted molar refractivity (Wildman–Crippen MR) is 79.9 cm³/mol. The van der Waals surface area contributed by atoms with Crippen molar-refractivity contribution in [2.75, 3.05) is 17.8 Å². The third-order valence-corrected chi connectivity index (χ3v) is 4.38. The lowest BCUT2D eigenvalue weighted by Gasteiger charge is -2.23. The van der Waals surface area contributed by atoms with Crippen molar-refractivity contribution in [1.82, 2.24) is 4.98 Å². The molecule has 1 amide bonds. The summed E-state index contributed by atoms with van der Waals surface area (Å²) in [6.07, 6.45) is 1.71. The van der Waals surface area contributed by atoms with Gasteiger partial charge in [-0.3, -0.25) is 9.69 Å². The Bertz CT molecular complexity index is 601. The van der Waals surface area contributed by atoms with Crippen molar-refractivity contribution in [3.8, 4) is 5.75 Å². The topological polar surface area (TPSA) is 42.4 Å². The maximum absolute atomic E-state index is 12.1. The Morgan fingerprint density at radius 1 is 1.25 bits per heavy atom. The number of carbonyl (C=O) groups is 1. The van der Waals surface area contributed by atoms with Gasteiger partial charge in [0.2, 0.25) is 5.91 Å². The molecule has 1 aromatic heterocycles. The number of carbonyl (C=O) groups excluding carboxylic acids is 1. The van der Waals surface area contributed by atoms with E-state index in [9.17, 15) is 4.79 Å². The van der Waals surface area contributed by atoms with E-state index in [1.165, 1.54) is 0 Å². The molecular weight excluding hydrogens is 272 g/mol. The van der Waals surface area contributed by atoms with Gasteiger partial charge in [0.1, 0.15) is 16.9 Å². The number of hydrogen-bond acceptors (Lipinski definition) is 4. The number of methoxy groups -OCH3 is 1. The molecular formula is C15H14N2O2S. The second kappa shape index (κ2) is 5.54. The largest absolute Gasteiger partial charge is 0.497 e. The molecule has 2 heterocycles. The molecule has 1 aromatic carbocycles. The molecule has 0 spiro atoms. The molecule has 1 aliphatic heterocycles. The van der Waals surface area contributed by atoms with Gasteiger partial charge in [0.15, 0.2) is 0 Å². The third kappa shape index (κ3) is 2.36. The van der Waals surface area contributed by atoms with E-state index in [0.29, 0.717) is 11.6 Å². The predicted octanol–water partition coefficient (Wildman–Crippen LogP) is 2.87. The first-order valence-corrected chi connectivity index (χ1v) is 7.33. The average molecular weight is 286 g/mol. The van der Waals surface area contributed by atoms with Crippen molar-refractivity contribution in [3.05, 3.63) is 54.2 Å². The summed E-state index contributed by atoms with van der Waals surface area (Å²) in [5.74, 6) is 2.08. The van der Waals surface area contributed by atoms with Crippen molar-refractivity contribution < 1.29 is 9.53 Å². The Hall–Kier alpha value is -2.01. The molecule has 0 bridgehead atoms. The molecule has 1 aliphatic rings. The first-order chi connectivity index (χ1) is 9.79. The zero-order chi connectivity index (χ0) is 13.9. The Labute approximate surface area is 121 Å². The minimum Gasteiger partial charge on any atom is -0.497 e. The molecule has 20 heavy (non-hydrogen) atoms. The van der Waals surface area contributed by atoms with Crippen LogP contribution < -0.4 is 9.64 Å². The van der Waals surface area contributed by atoms with Crippen molar-refractivity contribution in [3.63, 3.8) is 0 Å². The molecule has 0 radical (unpaired) electrons. The van der Waals surface area contributed by atoms with Crippen LogP contribution in [-0.4, -0.2) is 23.8 Å². The first-order valence-electron chi connectivity index (χ1n) is 6.28. The van der Waals surface area contributed by atoms with E-state index in [1.807, 2.05) is 42.5 Å². The van der Waals surface area contributed by atoms with Crippen LogP contribution in [0.3, 0.4) is 0 Å². The number of amides is 1. The lowest BCUT2D eigenvalue weighted by molar-refractivity contribution is -0.115. The van der Waals surface area contributed by atoms with Crippen LogP contribution in [0.1, 0.15) is 10.9 Å². The van der Waals surface area contributed by atoms with E-state index in [4.69, 9.17) is 4.74 Å². The Balaban J connectivity index is 1.93. The quantitative estimate of drug-likeness (QED) is 0.870. The fraction of sp³-hybridized carbons (Fsp3) is 0.200. The number of ether oxygens (including phenoxy) is 1. The Morgan fingerprint density at radius 2 is 2.05 bits per heavy atom. The summed E-state index contributed by atoms with van der Waals surface area (Å²) >= 11 is 1.62. The molecule has 4 nitrogen and oxygen atoms in total. The SMILES string of the molecule is COc1ccc(C2SCC(=O)N2c2ccccn2)cc1. The van der Waals surface area contributed by atoms with Crippen LogP contribution in [0.2, 0.25) is 0 Å². The van der Waals surface area contributed by atoms with E-state index in [1.54, 1.807) is 30.0 Å². The van der Waals surface area contributed by atoms with Crippen LogP contribution in [-0.2, 0) is 4.79 Å². The van der Waals surface area contributed by atoms with E-state index in [-0.39, 0.29) is 11.3 Å². The van der Waals surface area contributed by atoms with Gasteiger partial charge < -0.3 is 4.74 Å². The number of thioether (sulfide) groups is 1. The Kier molecular flexibility index (Phi) is 3.60. The molecule has 1 saturated heterocycles. The van der Waals surface area contributed by atoms with E-state index in [2.05, 4.69) is 4.98 Å². The number of rotatable bonds is 3. The summed E-state index contributed by atoms with van der Waals surface area (Å²) in [5, 5.41) is -0.0247. The maximum atomic E-state index is 12.1. The molecule has 1 unspecified atom stereocenters. The lowest BCUT2D eigenvalue weighted by Crippen LogP contribution is -2.28. The van der Waals surface area contributed by atoms with Crippen molar-refractivity contribution in [1.29, 1.82) is 0 Å². The number of anilines is 1. The fourth-order valence-electron chi connectivity index (χ4n) is 2.18. The standard InChI is InChI=1S/C15H14N2O2S/c1-19-12-7-5-11(6-8-12)15-17(14(18)10-20-15)13-4-2-3-9-16-13/h2-9,15H,10H2,1H3. The number of aromatic nitrogens is 1. The van der Waals surface area contributed by atoms with E-state index < -0.39 is 0 Å². The summed E-state index contributed by atoms with van der Waals surface area (Å²) < 4.78 is 5.16. The Morgan fingerprint density at radius 3 is 2.70 bits per heavy atom. The fourth-order valence-corrected chi connectivity index (χ4v) is 3.35. The first kappa shape index (κ1) is 13.0. The van der Waals surface area contributed by atoms with Gasteiger partial charge >= 0.3 is 0 Å². The third-order valence-electron chi connectivity index (χ3n) is 3.16. The van der Waals surface area contributed by atoms with E-state index in [0.717, 1.165) is 11.3 Å². The van der Waals surface area contributed by atoms with Crippen molar-refractivity contribution in [2.45, 2.75) is 5.37 Å². The molecule has 5 heteroatoms. The number of benzene rings is 1. The molecule has 2 aromatic rings. The van der Waals surface area contributed by atoms with Gasteiger partial charge in [-0.2, -0.15) is 0 Å². The zero-order valence-corrected chi connectivity index (χ0v) is 11.8. The van der Waals surface area contributed by atoms with Crippen LogP contribution in [0.5, 0.6) is 5.75 Å². The highest BCUT2D eigenvalue weighted by molar-refractivity contribution is 8.00. The minimum atomic E-state index is -0.0247. The van der Waals surface area contributed by atoms with Crippen LogP contribution in [0.25, 0.3) is 0 Å². The number of nitrogens with zero attached hydrogens (tertiary/aromatic N) is 2. The number of hydrogen-bond donors (Lipinski definition) is 0. The second-order valence-electron chi connectivity index (χ2n) is 4.39. The minimum absolute atomic E-state index is 0.0247. The summed E-state index contributed by atoms with van der Waals surface area (Å²) in [5.41, 5.74) is 1.08. The molecule has 1 fully saturated rings. The molecule has 0 saturated carbocycles. The summed E-state index contributed by atoms with van der Waals surface area (Å²) in [4.78, 5) is 18.2.